The molecule has 0 amide bonds. The molecule has 10 rings (SSSR count). The van der Waals surface area contributed by atoms with Crippen molar-refractivity contribution in [3.8, 4) is 0 Å². The topological polar surface area (TPSA) is 30.0 Å². The molecule has 5 heteroatoms. The monoisotopic (exact) mass is 977 g/mol. The van der Waals surface area contributed by atoms with E-state index in [1.54, 1.807) is 0 Å². The first-order valence-corrected chi connectivity index (χ1v) is 25.8. The van der Waals surface area contributed by atoms with Gasteiger partial charge >= 0.3 is 0 Å². The molecule has 0 spiro atoms. The van der Waals surface area contributed by atoms with E-state index in [9.17, 15) is 0 Å². The van der Waals surface area contributed by atoms with Crippen molar-refractivity contribution in [2.45, 2.75) is 62.3 Å². The van der Waals surface area contributed by atoms with Crippen LogP contribution in [0.25, 0.3) is 0 Å². The van der Waals surface area contributed by atoms with Gasteiger partial charge < -0.3 is 19.6 Å². The second-order valence-electron chi connectivity index (χ2n) is 20.4. The summed E-state index contributed by atoms with van der Waals surface area (Å²) < 4.78 is 0. The molecule has 0 bridgehead atoms. The van der Waals surface area contributed by atoms with Gasteiger partial charge in [-0.2, -0.15) is 0 Å². The zero-order chi connectivity index (χ0) is 52.3. The number of aryl methyl sites for hydroxylation is 9. The molecular weight excluding hydrogens is 913 g/mol. The minimum Gasteiger partial charge on any atom is -0.310 e. The van der Waals surface area contributed by atoms with Crippen molar-refractivity contribution in [1.29, 1.82) is 0 Å². The summed E-state index contributed by atoms with van der Waals surface area (Å²) in [6.07, 6.45) is 0. The first-order chi connectivity index (χ1) is 36.2. The fourth-order valence-electron chi connectivity index (χ4n) is 10.4. The Morgan fingerprint density at radius 2 is 0.400 bits per heavy atom. The maximum atomic E-state index is 16.5. The van der Waals surface area contributed by atoms with E-state index in [-0.39, 0.29) is 5.78 Å². The highest BCUT2D eigenvalue weighted by molar-refractivity contribution is 6.12. The van der Waals surface area contributed by atoms with Crippen LogP contribution in [0.1, 0.15) is 66.0 Å². The lowest BCUT2D eigenvalue weighted by atomic mass is 9.98. The zero-order valence-corrected chi connectivity index (χ0v) is 44.6. The Labute approximate surface area is 444 Å². The molecule has 0 fully saturated rings. The standard InChI is InChI=1S/C70H64N4O/c1-47-17-10-24-58(32-47)71(59-25-11-18-48(2)33-59)66-41-56(42-67(45-66)72(60-26-12-19-49(3)34-60)61-27-13-20-50(4)35-61)70(75)57-43-68(73(62-28-14-21-51(5)36-62)63-29-15-22-52(6)37-63)46-69(44-57)74(64-30-16-23-53(7)38-64)65-39-54(8)31-55(9)40-65/h10-46H,1-9H3. The molecule has 0 saturated heterocycles. The fourth-order valence-corrected chi connectivity index (χ4v) is 10.4. The van der Waals surface area contributed by atoms with Crippen LogP contribution in [0.5, 0.6) is 0 Å². The molecule has 370 valence electrons. The Morgan fingerprint density at radius 1 is 0.213 bits per heavy atom. The lowest BCUT2D eigenvalue weighted by molar-refractivity contribution is 0.103. The predicted octanol–water partition coefficient (Wildman–Crippen LogP) is 19.6. The summed E-state index contributed by atoms with van der Waals surface area (Å²) >= 11 is 0. The highest BCUT2D eigenvalue weighted by atomic mass is 16.1. The second kappa shape index (κ2) is 21.3. The Bertz CT molecular complexity index is 3470. The lowest BCUT2D eigenvalue weighted by Crippen LogP contribution is -2.17. The summed E-state index contributed by atoms with van der Waals surface area (Å²) in [5, 5.41) is 0. The van der Waals surface area contributed by atoms with Crippen LogP contribution in [0.3, 0.4) is 0 Å². The number of carbonyl (C=O) groups is 1. The maximum absolute atomic E-state index is 16.5. The molecular formula is C70H64N4O. The molecule has 0 N–H and O–H groups in total. The van der Waals surface area contributed by atoms with Crippen LogP contribution in [-0.2, 0) is 0 Å². The van der Waals surface area contributed by atoms with Gasteiger partial charge in [-0.05, 0) is 246 Å². The molecule has 0 aliphatic rings. The van der Waals surface area contributed by atoms with E-state index >= 15 is 4.79 Å². The number of hydrogen-bond donors (Lipinski definition) is 0. The van der Waals surface area contributed by atoms with E-state index in [0.29, 0.717) is 11.1 Å². The zero-order valence-electron chi connectivity index (χ0n) is 44.6. The normalized spacial score (nSPS) is 11.1. The van der Waals surface area contributed by atoms with Crippen LogP contribution in [-0.4, -0.2) is 5.78 Å². The number of ketones is 1. The Hall–Kier alpha value is -8.93. The van der Waals surface area contributed by atoms with Crippen LogP contribution >= 0.6 is 0 Å². The van der Waals surface area contributed by atoms with Crippen LogP contribution in [0.2, 0.25) is 0 Å². The van der Waals surface area contributed by atoms with Gasteiger partial charge in [0.25, 0.3) is 0 Å². The van der Waals surface area contributed by atoms with E-state index < -0.39 is 0 Å². The van der Waals surface area contributed by atoms with E-state index in [2.05, 4.69) is 306 Å². The van der Waals surface area contributed by atoms with Crippen molar-refractivity contribution >= 4 is 74.0 Å². The van der Waals surface area contributed by atoms with Crippen molar-refractivity contribution in [3.05, 3.63) is 286 Å². The number of nitrogens with zero attached hydrogens (tertiary/aromatic N) is 4. The molecule has 0 aliphatic carbocycles. The molecule has 0 atom stereocenters. The summed E-state index contributed by atoms with van der Waals surface area (Å²) in [6.45, 7) is 19.2. The van der Waals surface area contributed by atoms with Gasteiger partial charge in [0, 0.05) is 79.4 Å². The number of rotatable bonds is 14. The molecule has 0 unspecified atom stereocenters. The van der Waals surface area contributed by atoms with E-state index in [0.717, 1.165) is 118 Å². The van der Waals surface area contributed by atoms with Crippen molar-refractivity contribution in [2.24, 2.45) is 0 Å². The van der Waals surface area contributed by atoms with Crippen LogP contribution < -0.4 is 19.6 Å². The number of hydrogen-bond acceptors (Lipinski definition) is 5. The van der Waals surface area contributed by atoms with E-state index in [1.807, 2.05) is 0 Å². The van der Waals surface area contributed by atoms with Crippen LogP contribution in [0.15, 0.2) is 224 Å². The Balaban J connectivity index is 1.28. The minimum absolute atomic E-state index is 0.110. The third-order valence-corrected chi connectivity index (χ3v) is 13.6. The first kappa shape index (κ1) is 49.6. The first-order valence-electron chi connectivity index (χ1n) is 25.8. The predicted molar refractivity (Wildman–Crippen MR) is 318 cm³/mol. The average molecular weight is 977 g/mol. The molecule has 0 heterocycles. The summed E-state index contributed by atoms with van der Waals surface area (Å²) in [6, 6.07) is 79.6. The van der Waals surface area contributed by atoms with Crippen LogP contribution in [0.4, 0.5) is 68.2 Å². The molecule has 0 radical (unpaired) electrons. The highest BCUT2D eigenvalue weighted by Gasteiger charge is 2.26. The summed E-state index contributed by atoms with van der Waals surface area (Å²) in [5.74, 6) is -0.110. The molecule has 10 aromatic carbocycles. The van der Waals surface area contributed by atoms with Gasteiger partial charge in [-0.3, -0.25) is 4.79 Å². The lowest BCUT2D eigenvalue weighted by Gasteiger charge is -2.31. The quantitative estimate of drug-likeness (QED) is 0.101. The van der Waals surface area contributed by atoms with Crippen LogP contribution in [0, 0.1) is 62.3 Å². The average Bonchev–Trinajstić information content (AvgIpc) is 3.37. The SMILES string of the molecule is Cc1cccc(N(c2cccc(C)c2)c2cc(C(=O)c3cc(N(c4cccc(C)c4)c4cccc(C)c4)cc(N(c4cccc(C)c4)c4cc(C)cc(C)c4)c3)cc(N(c3cccc(C)c3)c3cccc(C)c3)c2)c1. The van der Waals surface area contributed by atoms with E-state index in [4.69, 9.17) is 0 Å². The van der Waals surface area contributed by atoms with Crippen molar-refractivity contribution in [2.75, 3.05) is 19.6 Å². The Morgan fingerprint density at radius 3 is 0.613 bits per heavy atom. The van der Waals surface area contributed by atoms with Gasteiger partial charge in [-0.25, -0.2) is 0 Å². The molecule has 5 nitrogen and oxygen atoms in total. The van der Waals surface area contributed by atoms with E-state index in [1.165, 1.54) is 0 Å². The maximum Gasteiger partial charge on any atom is 0.193 e. The minimum atomic E-state index is -0.110. The van der Waals surface area contributed by atoms with Gasteiger partial charge in [0.2, 0.25) is 0 Å². The summed E-state index contributed by atoms with van der Waals surface area (Å²) in [7, 11) is 0. The molecule has 75 heavy (non-hydrogen) atoms. The summed E-state index contributed by atoms with van der Waals surface area (Å²) in [5.41, 5.74) is 22.7. The van der Waals surface area contributed by atoms with Gasteiger partial charge in [0.05, 0.1) is 0 Å². The number of benzene rings is 10. The van der Waals surface area contributed by atoms with Gasteiger partial charge in [0.1, 0.15) is 0 Å². The van der Waals surface area contributed by atoms with Gasteiger partial charge in [-0.1, -0.05) is 91.0 Å². The molecule has 0 aliphatic heterocycles. The Kier molecular flexibility index (Phi) is 14.1. The molecule has 0 aromatic heterocycles. The molecule has 0 saturated carbocycles. The third kappa shape index (κ3) is 11.0. The summed E-state index contributed by atoms with van der Waals surface area (Å²) in [4.78, 5) is 25.6. The van der Waals surface area contributed by atoms with Gasteiger partial charge in [0.15, 0.2) is 5.78 Å². The second-order valence-corrected chi connectivity index (χ2v) is 20.4. The van der Waals surface area contributed by atoms with Gasteiger partial charge in [-0.15, -0.1) is 0 Å². The fraction of sp³-hybridized carbons (Fsp3) is 0.129. The number of carbonyl (C=O) groups excluding carboxylic acids is 1. The van der Waals surface area contributed by atoms with Crippen molar-refractivity contribution in [3.63, 3.8) is 0 Å². The smallest absolute Gasteiger partial charge is 0.193 e. The van der Waals surface area contributed by atoms with Crippen molar-refractivity contribution in [1.82, 2.24) is 0 Å². The number of anilines is 12. The highest BCUT2D eigenvalue weighted by Crippen LogP contribution is 2.45. The largest absolute Gasteiger partial charge is 0.310 e. The molecule has 10 aromatic rings. The van der Waals surface area contributed by atoms with Crippen molar-refractivity contribution < 1.29 is 4.79 Å². The third-order valence-electron chi connectivity index (χ3n) is 13.6.